The van der Waals surface area contributed by atoms with Crippen molar-refractivity contribution in [2.24, 2.45) is 0 Å². The summed E-state index contributed by atoms with van der Waals surface area (Å²) in [6.45, 7) is 0.213. The summed E-state index contributed by atoms with van der Waals surface area (Å²) in [5.74, 6) is 1.51. The van der Waals surface area contributed by atoms with Gasteiger partial charge >= 0.3 is 0 Å². The van der Waals surface area contributed by atoms with Gasteiger partial charge in [-0.1, -0.05) is 12.1 Å². The van der Waals surface area contributed by atoms with Crippen molar-refractivity contribution in [2.75, 3.05) is 7.11 Å². The summed E-state index contributed by atoms with van der Waals surface area (Å²) in [4.78, 5) is 21.6. The number of carbonyl (C=O) groups excluding carboxylic acids is 1. The lowest BCUT2D eigenvalue weighted by Crippen LogP contribution is -2.11. The number of rotatable bonds is 5. The highest BCUT2D eigenvalue weighted by molar-refractivity contribution is 5.97. The Morgan fingerprint density at radius 1 is 1.00 bits per heavy atom. The van der Waals surface area contributed by atoms with E-state index in [2.05, 4.69) is 4.98 Å². The number of ketones is 1. The van der Waals surface area contributed by atoms with Crippen LogP contribution in [0.15, 0.2) is 73.1 Å². The second-order valence-corrected chi connectivity index (χ2v) is 5.90. The molecule has 5 nitrogen and oxygen atoms in total. The van der Waals surface area contributed by atoms with Gasteiger partial charge in [-0.15, -0.1) is 0 Å². The maximum atomic E-state index is 12.8. The van der Waals surface area contributed by atoms with Crippen LogP contribution in [0.25, 0.3) is 22.4 Å². The summed E-state index contributed by atoms with van der Waals surface area (Å²) in [7, 11) is 1.61. The van der Waals surface area contributed by atoms with Gasteiger partial charge in [-0.3, -0.25) is 9.78 Å². The number of fused-ring (bicyclic) bond motifs is 1. The molecule has 26 heavy (non-hydrogen) atoms. The zero-order valence-corrected chi connectivity index (χ0v) is 14.3. The summed E-state index contributed by atoms with van der Waals surface area (Å²) >= 11 is 0. The van der Waals surface area contributed by atoms with Crippen molar-refractivity contribution in [3.63, 3.8) is 0 Å². The number of methoxy groups -OCH3 is 1. The molecular weight excluding hydrogens is 326 g/mol. The topological polar surface area (TPSA) is 57.0 Å². The van der Waals surface area contributed by atoms with Crippen molar-refractivity contribution in [1.29, 1.82) is 0 Å². The van der Waals surface area contributed by atoms with Crippen molar-refractivity contribution < 1.29 is 9.53 Å². The fraction of sp³-hybridized carbons (Fsp3) is 0.0952. The molecular formula is C21H17N3O2. The maximum absolute atomic E-state index is 12.8. The number of imidazole rings is 1. The van der Waals surface area contributed by atoms with Crippen molar-refractivity contribution in [1.82, 2.24) is 14.5 Å². The number of para-hydroxylation sites is 2. The zero-order chi connectivity index (χ0) is 17.9. The van der Waals surface area contributed by atoms with Crippen LogP contribution in [0.1, 0.15) is 10.4 Å². The van der Waals surface area contributed by atoms with E-state index in [-0.39, 0.29) is 12.3 Å². The van der Waals surface area contributed by atoms with Gasteiger partial charge in [0.15, 0.2) is 5.78 Å². The normalized spacial score (nSPS) is 10.8. The van der Waals surface area contributed by atoms with Crippen LogP contribution in [0.3, 0.4) is 0 Å². The first kappa shape index (κ1) is 16.0. The number of Topliss-reactive ketones (excluding diaryl/α,β-unsaturated/α-hetero) is 1. The van der Waals surface area contributed by atoms with Gasteiger partial charge in [-0.25, -0.2) is 4.98 Å². The van der Waals surface area contributed by atoms with Crippen LogP contribution in [0.5, 0.6) is 5.75 Å². The Labute approximate surface area is 150 Å². The molecule has 2 aromatic heterocycles. The molecule has 0 spiro atoms. The summed E-state index contributed by atoms with van der Waals surface area (Å²) in [6, 6.07) is 18.8. The fourth-order valence-electron chi connectivity index (χ4n) is 2.97. The molecule has 0 atom stereocenters. The fourth-order valence-corrected chi connectivity index (χ4v) is 2.97. The summed E-state index contributed by atoms with van der Waals surface area (Å²) < 4.78 is 7.11. The molecule has 0 N–H and O–H groups in total. The Hall–Kier alpha value is -3.47. The molecule has 0 aliphatic rings. The van der Waals surface area contributed by atoms with Crippen LogP contribution >= 0.6 is 0 Å². The molecule has 2 heterocycles. The minimum atomic E-state index is 0.0195. The summed E-state index contributed by atoms with van der Waals surface area (Å²) in [5.41, 5.74) is 3.37. The number of benzene rings is 2. The number of pyridine rings is 1. The third-order valence-corrected chi connectivity index (χ3v) is 4.31. The van der Waals surface area contributed by atoms with Crippen LogP contribution in [0, 0.1) is 0 Å². The lowest BCUT2D eigenvalue weighted by Gasteiger charge is -2.09. The predicted molar refractivity (Wildman–Crippen MR) is 100 cm³/mol. The smallest absolute Gasteiger partial charge is 0.182 e. The van der Waals surface area contributed by atoms with E-state index in [0.717, 1.165) is 28.2 Å². The third-order valence-electron chi connectivity index (χ3n) is 4.31. The number of aromatic nitrogens is 3. The standard InChI is InChI=1S/C21H17N3O2/c1-26-17-8-6-15(7-9-17)20(25)14-24-19-5-3-2-4-18(19)23-21(24)16-10-12-22-13-11-16/h2-13H,14H2,1H3. The highest BCUT2D eigenvalue weighted by Gasteiger charge is 2.16. The number of carbonyl (C=O) groups is 1. The van der Waals surface area contributed by atoms with Gasteiger partial charge in [-0.2, -0.15) is 0 Å². The SMILES string of the molecule is COc1ccc(C(=O)Cn2c(-c3ccncc3)nc3ccccc32)cc1. The quantitative estimate of drug-likeness (QED) is 0.514. The first-order valence-corrected chi connectivity index (χ1v) is 8.29. The summed E-state index contributed by atoms with van der Waals surface area (Å²) in [5, 5.41) is 0. The minimum absolute atomic E-state index is 0.0195. The number of hydrogen-bond acceptors (Lipinski definition) is 4. The van der Waals surface area contributed by atoms with Crippen LogP contribution in [0.2, 0.25) is 0 Å². The number of hydrogen-bond donors (Lipinski definition) is 0. The Balaban J connectivity index is 1.76. The van der Waals surface area contributed by atoms with E-state index in [1.807, 2.05) is 41.0 Å². The molecule has 0 bridgehead atoms. The summed E-state index contributed by atoms with van der Waals surface area (Å²) in [6.07, 6.45) is 3.45. The van der Waals surface area contributed by atoms with E-state index in [9.17, 15) is 4.79 Å². The van der Waals surface area contributed by atoms with Gasteiger partial charge in [0.25, 0.3) is 0 Å². The predicted octanol–water partition coefficient (Wildman–Crippen LogP) is 3.99. The first-order chi connectivity index (χ1) is 12.8. The Morgan fingerprint density at radius 3 is 2.46 bits per heavy atom. The van der Waals surface area contributed by atoms with Gasteiger partial charge in [0.1, 0.15) is 11.6 Å². The van der Waals surface area contributed by atoms with Crippen LogP contribution in [0.4, 0.5) is 0 Å². The van der Waals surface area contributed by atoms with E-state index in [4.69, 9.17) is 9.72 Å². The van der Waals surface area contributed by atoms with Gasteiger partial charge in [-0.05, 0) is 48.5 Å². The third kappa shape index (κ3) is 2.95. The first-order valence-electron chi connectivity index (χ1n) is 8.29. The Bertz CT molecular complexity index is 1050. The Kier molecular flexibility index (Phi) is 4.19. The highest BCUT2D eigenvalue weighted by Crippen LogP contribution is 2.25. The zero-order valence-electron chi connectivity index (χ0n) is 14.3. The van der Waals surface area contributed by atoms with E-state index in [1.54, 1.807) is 43.8 Å². The molecule has 4 aromatic rings. The molecule has 2 aromatic carbocycles. The van der Waals surface area contributed by atoms with Gasteiger partial charge < -0.3 is 9.30 Å². The molecule has 4 rings (SSSR count). The van der Waals surface area contributed by atoms with Gasteiger partial charge in [0.05, 0.1) is 24.7 Å². The van der Waals surface area contributed by atoms with Gasteiger partial charge in [0.2, 0.25) is 0 Å². The van der Waals surface area contributed by atoms with Crippen LogP contribution in [-0.4, -0.2) is 27.4 Å². The molecule has 0 amide bonds. The molecule has 128 valence electrons. The molecule has 0 aliphatic carbocycles. The molecule has 0 unspecified atom stereocenters. The maximum Gasteiger partial charge on any atom is 0.182 e. The molecule has 0 saturated heterocycles. The van der Waals surface area contributed by atoms with Crippen molar-refractivity contribution >= 4 is 16.8 Å². The van der Waals surface area contributed by atoms with E-state index in [0.29, 0.717) is 5.56 Å². The average Bonchev–Trinajstić information content (AvgIpc) is 3.07. The van der Waals surface area contributed by atoms with E-state index >= 15 is 0 Å². The largest absolute Gasteiger partial charge is 0.497 e. The lowest BCUT2D eigenvalue weighted by atomic mass is 10.1. The lowest BCUT2D eigenvalue weighted by molar-refractivity contribution is 0.0974. The van der Waals surface area contributed by atoms with Crippen molar-refractivity contribution in [3.8, 4) is 17.1 Å². The van der Waals surface area contributed by atoms with Crippen LogP contribution in [-0.2, 0) is 6.54 Å². The Morgan fingerprint density at radius 2 is 1.73 bits per heavy atom. The molecule has 0 radical (unpaired) electrons. The highest BCUT2D eigenvalue weighted by atomic mass is 16.5. The second-order valence-electron chi connectivity index (χ2n) is 5.90. The van der Waals surface area contributed by atoms with E-state index < -0.39 is 0 Å². The number of ether oxygens (including phenoxy) is 1. The molecule has 0 aliphatic heterocycles. The monoisotopic (exact) mass is 343 g/mol. The van der Waals surface area contributed by atoms with E-state index in [1.165, 1.54) is 0 Å². The van der Waals surface area contributed by atoms with Gasteiger partial charge in [0, 0.05) is 23.5 Å². The molecule has 5 heteroatoms. The molecule has 0 saturated carbocycles. The second kappa shape index (κ2) is 6.80. The van der Waals surface area contributed by atoms with Crippen molar-refractivity contribution in [2.45, 2.75) is 6.54 Å². The average molecular weight is 343 g/mol. The molecule has 0 fully saturated rings. The van der Waals surface area contributed by atoms with Crippen LogP contribution < -0.4 is 4.74 Å². The minimum Gasteiger partial charge on any atom is -0.497 e. The van der Waals surface area contributed by atoms with Crippen molar-refractivity contribution in [3.05, 3.63) is 78.6 Å². The number of nitrogens with zero attached hydrogens (tertiary/aromatic N) is 3.